The summed E-state index contributed by atoms with van der Waals surface area (Å²) in [6.45, 7) is 0. The molecule has 0 aliphatic heterocycles. The molecule has 0 spiro atoms. The lowest BCUT2D eigenvalue weighted by atomic mass is 10.3. The van der Waals surface area contributed by atoms with Crippen molar-refractivity contribution in [3.63, 3.8) is 0 Å². The third kappa shape index (κ3) is 3.99. The minimum absolute atomic E-state index is 0.465. The largest absolute Gasteiger partial charge is 0.263 e. The third-order valence-electron chi connectivity index (χ3n) is 1.57. The average molecular weight is 208 g/mol. The van der Waals surface area contributed by atoms with Gasteiger partial charge in [-0.25, -0.2) is 4.98 Å². The molecular weight excluding hydrogens is 200 g/mol. The van der Waals surface area contributed by atoms with Gasteiger partial charge in [-0.1, -0.05) is 6.07 Å². The van der Waals surface area contributed by atoms with Gasteiger partial charge in [-0.05, 0) is 24.3 Å². The van der Waals surface area contributed by atoms with Crippen LogP contribution < -0.4 is 0 Å². The summed E-state index contributed by atoms with van der Waals surface area (Å²) < 4.78 is 0. The normalized spacial score (nSPS) is 7.88. The van der Waals surface area contributed by atoms with Crippen LogP contribution in [0, 0.1) is 22.7 Å². The molecule has 0 unspecified atom stereocenters. The zero-order valence-corrected chi connectivity index (χ0v) is 8.41. The highest BCUT2D eigenvalue weighted by atomic mass is 14.7. The summed E-state index contributed by atoms with van der Waals surface area (Å²) in [7, 11) is 0. The first-order chi connectivity index (χ1) is 7.86. The Morgan fingerprint density at radius 1 is 0.938 bits per heavy atom. The zero-order chi connectivity index (χ0) is 11.6. The Bertz CT molecular complexity index is 445. The van der Waals surface area contributed by atoms with Crippen LogP contribution in [0.4, 0.5) is 0 Å². The predicted octanol–water partition coefficient (Wildman–Crippen LogP) is 1.91. The number of rotatable bonds is 0. The van der Waals surface area contributed by atoms with Crippen LogP contribution in [0.2, 0.25) is 0 Å². The maximum Gasteiger partial charge on any atom is 0.140 e. The van der Waals surface area contributed by atoms with Crippen LogP contribution in [0.15, 0.2) is 48.9 Å². The molecule has 0 fully saturated rings. The Morgan fingerprint density at radius 2 is 1.81 bits per heavy atom. The molecular formula is C12H8N4. The highest BCUT2D eigenvalue weighted by Gasteiger charge is 1.81. The van der Waals surface area contributed by atoms with E-state index in [1.54, 1.807) is 42.7 Å². The number of hydrogen-bond acceptors (Lipinski definition) is 4. The van der Waals surface area contributed by atoms with E-state index >= 15 is 0 Å². The molecule has 0 amide bonds. The number of aromatic nitrogens is 2. The highest BCUT2D eigenvalue weighted by molar-refractivity contribution is 5.23. The average Bonchev–Trinajstić information content (AvgIpc) is 2.41. The summed E-state index contributed by atoms with van der Waals surface area (Å²) in [6, 6.07) is 12.6. The summed E-state index contributed by atoms with van der Waals surface area (Å²) in [5.41, 5.74) is 1.07. The van der Waals surface area contributed by atoms with Gasteiger partial charge in [0.05, 0.1) is 5.56 Å². The molecule has 0 bridgehead atoms. The van der Waals surface area contributed by atoms with Gasteiger partial charge in [0.2, 0.25) is 0 Å². The minimum Gasteiger partial charge on any atom is -0.263 e. The highest BCUT2D eigenvalue weighted by Crippen LogP contribution is 1.89. The number of nitrogens with zero attached hydrogens (tertiary/aromatic N) is 4. The van der Waals surface area contributed by atoms with Crippen molar-refractivity contribution in [1.29, 1.82) is 10.5 Å². The van der Waals surface area contributed by atoms with Crippen molar-refractivity contribution in [1.82, 2.24) is 9.97 Å². The van der Waals surface area contributed by atoms with Gasteiger partial charge in [-0.2, -0.15) is 10.5 Å². The molecule has 4 nitrogen and oxygen atoms in total. The number of pyridine rings is 2. The fourth-order valence-corrected chi connectivity index (χ4v) is 0.858. The molecule has 2 aromatic rings. The predicted molar refractivity (Wildman–Crippen MR) is 57.9 cm³/mol. The first-order valence-corrected chi connectivity index (χ1v) is 4.48. The molecule has 16 heavy (non-hydrogen) atoms. The summed E-state index contributed by atoms with van der Waals surface area (Å²) in [5, 5.41) is 16.5. The number of nitriles is 2. The monoisotopic (exact) mass is 208 g/mol. The van der Waals surface area contributed by atoms with Crippen molar-refractivity contribution in [2.75, 3.05) is 0 Å². The Kier molecular flexibility index (Phi) is 4.75. The van der Waals surface area contributed by atoms with Crippen LogP contribution in [0.3, 0.4) is 0 Å². The second-order valence-electron chi connectivity index (χ2n) is 2.68. The second-order valence-corrected chi connectivity index (χ2v) is 2.68. The molecule has 0 aromatic carbocycles. The van der Waals surface area contributed by atoms with Crippen molar-refractivity contribution in [2.45, 2.75) is 0 Å². The maximum atomic E-state index is 8.25. The van der Waals surface area contributed by atoms with Gasteiger partial charge in [0, 0.05) is 18.6 Å². The molecule has 0 radical (unpaired) electrons. The lowest BCUT2D eigenvalue weighted by molar-refractivity contribution is 1.26. The first-order valence-electron chi connectivity index (χ1n) is 4.48. The van der Waals surface area contributed by atoms with E-state index in [1.807, 2.05) is 12.1 Å². The van der Waals surface area contributed by atoms with E-state index in [4.69, 9.17) is 10.5 Å². The van der Waals surface area contributed by atoms with Gasteiger partial charge in [0.25, 0.3) is 0 Å². The van der Waals surface area contributed by atoms with Crippen LogP contribution in [-0.2, 0) is 0 Å². The van der Waals surface area contributed by atoms with Crippen LogP contribution in [-0.4, -0.2) is 9.97 Å². The van der Waals surface area contributed by atoms with E-state index in [-0.39, 0.29) is 0 Å². The molecule has 76 valence electrons. The summed E-state index contributed by atoms with van der Waals surface area (Å²) in [4.78, 5) is 7.47. The Morgan fingerprint density at radius 3 is 2.19 bits per heavy atom. The Balaban J connectivity index is 0.000000160. The zero-order valence-electron chi connectivity index (χ0n) is 8.41. The van der Waals surface area contributed by atoms with Crippen LogP contribution in [0.25, 0.3) is 0 Å². The molecule has 0 saturated heterocycles. The molecule has 0 aliphatic rings. The van der Waals surface area contributed by atoms with E-state index in [2.05, 4.69) is 9.97 Å². The van der Waals surface area contributed by atoms with E-state index in [9.17, 15) is 0 Å². The molecule has 2 aromatic heterocycles. The lowest BCUT2D eigenvalue weighted by Gasteiger charge is -1.79. The maximum absolute atomic E-state index is 8.25. The summed E-state index contributed by atoms with van der Waals surface area (Å²) in [6.07, 6.45) is 4.76. The third-order valence-corrected chi connectivity index (χ3v) is 1.57. The summed E-state index contributed by atoms with van der Waals surface area (Å²) in [5.74, 6) is 0. The first kappa shape index (κ1) is 11.4. The quantitative estimate of drug-likeness (QED) is 0.662. The Labute approximate surface area is 93.4 Å². The molecule has 0 N–H and O–H groups in total. The minimum atomic E-state index is 0.465. The molecule has 0 atom stereocenters. The molecule has 2 heterocycles. The molecule has 0 saturated carbocycles. The van der Waals surface area contributed by atoms with Gasteiger partial charge in [-0.15, -0.1) is 0 Å². The van der Waals surface area contributed by atoms with Crippen molar-refractivity contribution in [2.24, 2.45) is 0 Å². The van der Waals surface area contributed by atoms with Gasteiger partial charge < -0.3 is 0 Å². The van der Waals surface area contributed by atoms with Crippen molar-refractivity contribution < 1.29 is 0 Å². The van der Waals surface area contributed by atoms with E-state index in [0.717, 1.165) is 0 Å². The van der Waals surface area contributed by atoms with Crippen molar-refractivity contribution >= 4 is 0 Å². The fraction of sp³-hybridized carbons (Fsp3) is 0. The molecule has 2 rings (SSSR count). The standard InChI is InChI=1S/2C6H4N2/c7-4-6-2-1-3-8-5-6;7-5-6-3-1-2-4-8-6/h1-3,5H;1-4H. The van der Waals surface area contributed by atoms with Crippen LogP contribution in [0.5, 0.6) is 0 Å². The van der Waals surface area contributed by atoms with Gasteiger partial charge >= 0.3 is 0 Å². The Hall–Kier alpha value is -2.72. The van der Waals surface area contributed by atoms with E-state index in [0.29, 0.717) is 11.3 Å². The molecule has 0 aliphatic carbocycles. The topological polar surface area (TPSA) is 73.4 Å². The van der Waals surface area contributed by atoms with Crippen molar-refractivity contribution in [3.8, 4) is 12.1 Å². The van der Waals surface area contributed by atoms with Gasteiger partial charge in [0.1, 0.15) is 17.8 Å². The fourth-order valence-electron chi connectivity index (χ4n) is 0.858. The molecule has 4 heteroatoms. The smallest absolute Gasteiger partial charge is 0.140 e. The number of hydrogen-bond donors (Lipinski definition) is 0. The van der Waals surface area contributed by atoms with Gasteiger partial charge in [-0.3, -0.25) is 4.98 Å². The van der Waals surface area contributed by atoms with Crippen LogP contribution >= 0.6 is 0 Å². The SMILES string of the molecule is N#Cc1ccccn1.N#Cc1cccnc1. The van der Waals surface area contributed by atoms with E-state index < -0.39 is 0 Å². The van der Waals surface area contributed by atoms with Gasteiger partial charge in [0.15, 0.2) is 0 Å². The van der Waals surface area contributed by atoms with E-state index in [1.165, 1.54) is 6.20 Å². The lowest BCUT2D eigenvalue weighted by Crippen LogP contribution is -1.75. The van der Waals surface area contributed by atoms with Crippen molar-refractivity contribution in [3.05, 3.63) is 60.2 Å². The second kappa shape index (κ2) is 6.69. The summed E-state index contributed by atoms with van der Waals surface area (Å²) >= 11 is 0. The van der Waals surface area contributed by atoms with Crippen LogP contribution in [0.1, 0.15) is 11.3 Å².